The van der Waals surface area contributed by atoms with Crippen LogP contribution in [0.2, 0.25) is 0 Å². The van der Waals surface area contributed by atoms with E-state index >= 15 is 0 Å². The van der Waals surface area contributed by atoms with Gasteiger partial charge in [0, 0.05) is 0 Å². The predicted molar refractivity (Wildman–Crippen MR) is 29.3 cm³/mol. The van der Waals surface area contributed by atoms with Gasteiger partial charge in [0.25, 0.3) is 0 Å². The number of rotatable bonds is 1. The monoisotopic (exact) mass is 241 g/mol. The average Bonchev–Trinajstić information content (AvgIpc) is 2.14. The van der Waals surface area contributed by atoms with Crippen molar-refractivity contribution in [3.8, 4) is 0 Å². The minimum absolute atomic E-state index is 0.219. The van der Waals surface area contributed by atoms with Crippen LogP contribution in [0.5, 0.6) is 0 Å². The van der Waals surface area contributed by atoms with Crippen molar-refractivity contribution in [3.05, 3.63) is 8.58 Å². The van der Waals surface area contributed by atoms with Gasteiger partial charge in [-0.1, -0.05) is 0 Å². The number of halogens is 1. The zero-order valence-electron chi connectivity index (χ0n) is 4.68. The molecule has 0 unspecified atom stereocenters. The third kappa shape index (κ3) is 1.17. The molecule has 0 amide bonds. The maximum atomic E-state index is 3.88. The summed E-state index contributed by atoms with van der Waals surface area (Å²) in [6, 6.07) is 0. The fourth-order valence-corrected chi connectivity index (χ4v) is 2.61. The van der Waals surface area contributed by atoms with Crippen molar-refractivity contribution < 1.29 is 21.2 Å². The first-order chi connectivity index (χ1) is 3.84. The maximum absolute atomic E-state index is 3.88. The second kappa shape index (κ2) is 2.72. The molecule has 0 aliphatic carbocycles. The minimum atomic E-state index is 0.219. The van der Waals surface area contributed by atoms with Crippen LogP contribution in [-0.2, 0) is 0 Å². The van der Waals surface area contributed by atoms with Crippen molar-refractivity contribution in [2.45, 2.75) is 6.92 Å². The van der Waals surface area contributed by atoms with Crippen LogP contribution < -0.4 is 21.2 Å². The number of nitrogens with zero attached hydrogens (tertiary/aromatic N) is 2. The summed E-state index contributed by atoms with van der Waals surface area (Å²) in [5, 5.41) is 3.88. The number of aryl methyl sites for hydroxylation is 1. The van der Waals surface area contributed by atoms with E-state index in [2.05, 4.69) is 14.5 Å². The number of alkyl halides is 1. The van der Waals surface area contributed by atoms with E-state index in [1.54, 1.807) is 0 Å². The molecule has 2 nitrogen and oxygen atoms in total. The Morgan fingerprint density at radius 1 is 1.62 bits per heavy atom. The van der Waals surface area contributed by atoms with Crippen LogP contribution in [0.3, 0.4) is 0 Å². The molecular formula is C4H6IN2S-. The van der Waals surface area contributed by atoms with Crippen molar-refractivity contribution in [2.75, 3.05) is 4.93 Å². The summed E-state index contributed by atoms with van der Waals surface area (Å²) in [4.78, 5) is 2.22. The van der Waals surface area contributed by atoms with Crippen LogP contribution in [0.25, 0.3) is 0 Å². The Morgan fingerprint density at radius 3 is 2.62 bits per heavy atom. The van der Waals surface area contributed by atoms with Gasteiger partial charge in [-0.2, -0.15) is 0 Å². The number of hydrogen-bond donors (Lipinski definition) is 0. The van der Waals surface area contributed by atoms with E-state index < -0.39 is 0 Å². The predicted octanol–water partition coefficient (Wildman–Crippen LogP) is -2.27. The molecule has 0 saturated heterocycles. The Morgan fingerprint density at radius 2 is 2.38 bits per heavy atom. The molecule has 1 aromatic heterocycles. The molecule has 1 heterocycles. The second-order valence-electron chi connectivity index (χ2n) is 1.32. The molecule has 0 spiro atoms. The van der Waals surface area contributed by atoms with Gasteiger partial charge in [-0.25, -0.2) is 0 Å². The molecule has 0 aliphatic rings. The number of hydrogen-bond acceptors (Lipinski definition) is 3. The van der Waals surface area contributed by atoms with E-state index in [-0.39, 0.29) is 21.2 Å². The van der Waals surface area contributed by atoms with Gasteiger partial charge in [-0.15, -0.1) is 0 Å². The SMILES string of the molecule is C[I-]c1snnc1C. The van der Waals surface area contributed by atoms with Crippen molar-refractivity contribution in [1.29, 1.82) is 0 Å². The van der Waals surface area contributed by atoms with E-state index in [0.29, 0.717) is 0 Å². The zero-order chi connectivity index (χ0) is 5.98. The fourth-order valence-electron chi connectivity index (χ4n) is 0.394. The van der Waals surface area contributed by atoms with Gasteiger partial charge in [0.2, 0.25) is 0 Å². The molecule has 0 bridgehead atoms. The first kappa shape index (κ1) is 6.41. The molecule has 0 fully saturated rings. The van der Waals surface area contributed by atoms with Gasteiger partial charge in [0.15, 0.2) is 0 Å². The summed E-state index contributed by atoms with van der Waals surface area (Å²) in [5.74, 6) is 0. The standard InChI is InChI=1S/C4H6IN2S/c1-3-4(5-2)8-7-6-3/h1-2H3/q-1. The van der Waals surface area contributed by atoms with E-state index in [1.165, 1.54) is 14.4 Å². The molecule has 0 radical (unpaired) electrons. The van der Waals surface area contributed by atoms with Crippen molar-refractivity contribution >= 4 is 11.5 Å². The first-order valence-corrected chi connectivity index (χ1v) is 6.14. The Hall–Kier alpha value is 0.290. The molecule has 0 aliphatic heterocycles. The van der Waals surface area contributed by atoms with Crippen LogP contribution >= 0.6 is 11.5 Å². The van der Waals surface area contributed by atoms with Crippen molar-refractivity contribution in [1.82, 2.24) is 9.59 Å². The third-order valence-electron chi connectivity index (χ3n) is 0.768. The molecule has 8 heavy (non-hydrogen) atoms. The van der Waals surface area contributed by atoms with Gasteiger partial charge in [-0.05, 0) is 0 Å². The summed E-state index contributed by atoms with van der Waals surface area (Å²) in [5.41, 5.74) is 1.13. The first-order valence-electron chi connectivity index (χ1n) is 2.13. The molecule has 1 aromatic rings. The summed E-state index contributed by atoms with van der Waals surface area (Å²) in [6.07, 6.45) is 0. The molecule has 1 rings (SSSR count). The van der Waals surface area contributed by atoms with Crippen molar-refractivity contribution in [2.24, 2.45) is 0 Å². The molecule has 0 saturated carbocycles. The molecule has 46 valence electrons. The van der Waals surface area contributed by atoms with E-state index in [0.717, 1.165) is 5.69 Å². The Kier molecular flexibility index (Phi) is 2.18. The van der Waals surface area contributed by atoms with Crippen LogP contribution in [-0.4, -0.2) is 14.5 Å². The van der Waals surface area contributed by atoms with Gasteiger partial charge in [-0.3, -0.25) is 0 Å². The fraction of sp³-hybridized carbons (Fsp3) is 0.500. The molecule has 0 aromatic carbocycles. The van der Waals surface area contributed by atoms with Gasteiger partial charge >= 0.3 is 62.8 Å². The average molecular weight is 241 g/mol. The third-order valence-corrected chi connectivity index (χ3v) is 4.77. The summed E-state index contributed by atoms with van der Waals surface area (Å²) in [7, 11) is 0. The van der Waals surface area contributed by atoms with Crippen molar-refractivity contribution in [3.63, 3.8) is 0 Å². The molecule has 0 N–H and O–H groups in total. The quantitative estimate of drug-likeness (QED) is 0.409. The molecule has 4 heteroatoms. The summed E-state index contributed by atoms with van der Waals surface area (Å²) >= 11 is 1.76. The van der Waals surface area contributed by atoms with E-state index in [9.17, 15) is 0 Å². The van der Waals surface area contributed by atoms with Crippen LogP contribution in [0.15, 0.2) is 0 Å². The Balaban J connectivity index is 2.92. The molecule has 0 atom stereocenters. The van der Waals surface area contributed by atoms with Crippen LogP contribution in [0, 0.1) is 9.81 Å². The Labute approximate surface area is 62.7 Å². The second-order valence-corrected chi connectivity index (χ2v) is 4.96. The Bertz CT molecular complexity index is 174. The van der Waals surface area contributed by atoms with Gasteiger partial charge in [0.1, 0.15) is 0 Å². The van der Waals surface area contributed by atoms with E-state index in [1.807, 2.05) is 6.92 Å². The zero-order valence-corrected chi connectivity index (χ0v) is 7.65. The van der Waals surface area contributed by atoms with E-state index in [4.69, 9.17) is 0 Å². The number of aromatic nitrogens is 2. The topological polar surface area (TPSA) is 25.8 Å². The summed E-state index contributed by atoms with van der Waals surface area (Å²) < 4.78 is 5.22. The normalized spacial score (nSPS) is 10.2. The van der Waals surface area contributed by atoms with Gasteiger partial charge in [0.05, 0.1) is 0 Å². The van der Waals surface area contributed by atoms with Crippen LogP contribution in [0.1, 0.15) is 5.69 Å². The molecular weight excluding hydrogens is 235 g/mol. The van der Waals surface area contributed by atoms with Crippen LogP contribution in [0.4, 0.5) is 0 Å². The van der Waals surface area contributed by atoms with Gasteiger partial charge < -0.3 is 0 Å². The summed E-state index contributed by atoms with van der Waals surface area (Å²) in [6.45, 7) is 2.02.